The summed E-state index contributed by atoms with van der Waals surface area (Å²) in [7, 11) is 0. The summed E-state index contributed by atoms with van der Waals surface area (Å²) >= 11 is 0. The molecule has 2 N–H and O–H groups in total. The number of benzene rings is 3. The number of hydrogen-bond acceptors (Lipinski definition) is 4. The van der Waals surface area contributed by atoms with E-state index in [1.54, 1.807) is 6.08 Å². The summed E-state index contributed by atoms with van der Waals surface area (Å²) in [6, 6.07) is 25.3. The third-order valence-corrected chi connectivity index (χ3v) is 4.52. The molecule has 0 aliphatic carbocycles. The van der Waals surface area contributed by atoms with Gasteiger partial charge in [-0.1, -0.05) is 61.2 Å². The molecular weight excluding hydrogens is 388 g/mol. The summed E-state index contributed by atoms with van der Waals surface area (Å²) in [5, 5.41) is 6.00. The zero-order valence-corrected chi connectivity index (χ0v) is 17.6. The standard InChI is InChI=1S/C26H28N2O3/c1-2-17-31-25-16-7-6-15-24(25)27-20-26(29)28-22-13-8-14-23(19-22)30-18-9-12-21-10-4-3-5-11-21/h2-8,10-11,13-16,19,27H,1,9,12,17-18,20H2,(H,28,29). The van der Waals surface area contributed by atoms with E-state index in [-0.39, 0.29) is 12.5 Å². The van der Waals surface area contributed by atoms with Crippen LogP contribution in [0, 0.1) is 0 Å². The van der Waals surface area contributed by atoms with Crippen molar-refractivity contribution >= 4 is 17.3 Å². The molecule has 0 saturated heterocycles. The molecule has 0 saturated carbocycles. The predicted molar refractivity (Wildman–Crippen MR) is 126 cm³/mol. The number of nitrogens with one attached hydrogen (secondary N) is 2. The van der Waals surface area contributed by atoms with Gasteiger partial charge in [0.2, 0.25) is 5.91 Å². The van der Waals surface area contributed by atoms with E-state index >= 15 is 0 Å². The van der Waals surface area contributed by atoms with Crippen LogP contribution in [-0.4, -0.2) is 25.7 Å². The van der Waals surface area contributed by atoms with Crippen molar-refractivity contribution in [2.24, 2.45) is 0 Å². The fourth-order valence-electron chi connectivity index (χ4n) is 3.04. The Bertz CT molecular complexity index is 973. The second-order valence-electron chi connectivity index (χ2n) is 6.96. The van der Waals surface area contributed by atoms with Gasteiger partial charge in [0.1, 0.15) is 18.1 Å². The van der Waals surface area contributed by atoms with Crippen molar-refractivity contribution in [1.82, 2.24) is 0 Å². The molecule has 0 radical (unpaired) electrons. The Labute approximate surface area is 183 Å². The SMILES string of the molecule is C=CCOc1ccccc1NCC(=O)Nc1cccc(OCCCc2ccccc2)c1. The van der Waals surface area contributed by atoms with Gasteiger partial charge < -0.3 is 20.1 Å². The number of para-hydroxylation sites is 2. The third-order valence-electron chi connectivity index (χ3n) is 4.52. The molecule has 0 atom stereocenters. The topological polar surface area (TPSA) is 59.6 Å². The minimum Gasteiger partial charge on any atom is -0.494 e. The summed E-state index contributed by atoms with van der Waals surface area (Å²) in [5.74, 6) is 1.27. The first kappa shape index (κ1) is 22.0. The number of aryl methyl sites for hydroxylation is 1. The Morgan fingerprint density at radius 1 is 0.935 bits per heavy atom. The lowest BCUT2D eigenvalue weighted by atomic mass is 10.1. The van der Waals surface area contributed by atoms with E-state index in [1.807, 2.05) is 66.7 Å². The first-order valence-corrected chi connectivity index (χ1v) is 10.4. The summed E-state index contributed by atoms with van der Waals surface area (Å²) in [6.45, 7) is 4.80. The van der Waals surface area contributed by atoms with Crippen LogP contribution < -0.4 is 20.1 Å². The molecule has 0 aliphatic rings. The molecule has 3 aromatic carbocycles. The Kier molecular flexibility index (Phi) is 8.56. The van der Waals surface area contributed by atoms with Gasteiger partial charge in [-0.05, 0) is 42.7 Å². The molecule has 0 fully saturated rings. The second-order valence-corrected chi connectivity index (χ2v) is 6.96. The molecule has 3 aromatic rings. The third kappa shape index (κ3) is 7.55. The summed E-state index contributed by atoms with van der Waals surface area (Å²) in [5.41, 5.74) is 2.76. The molecule has 0 aliphatic heterocycles. The van der Waals surface area contributed by atoms with Crippen LogP contribution in [0.3, 0.4) is 0 Å². The maximum atomic E-state index is 12.4. The van der Waals surface area contributed by atoms with Crippen molar-refractivity contribution in [2.45, 2.75) is 12.8 Å². The number of hydrogen-bond donors (Lipinski definition) is 2. The highest BCUT2D eigenvalue weighted by molar-refractivity contribution is 5.94. The number of ether oxygens (including phenoxy) is 2. The van der Waals surface area contributed by atoms with Crippen molar-refractivity contribution in [1.29, 1.82) is 0 Å². The fourth-order valence-corrected chi connectivity index (χ4v) is 3.04. The van der Waals surface area contributed by atoms with Crippen molar-refractivity contribution < 1.29 is 14.3 Å². The molecular formula is C26H28N2O3. The normalized spacial score (nSPS) is 10.2. The quantitative estimate of drug-likeness (QED) is 0.310. The van der Waals surface area contributed by atoms with Crippen LogP contribution >= 0.6 is 0 Å². The second kappa shape index (κ2) is 12.1. The molecule has 5 nitrogen and oxygen atoms in total. The zero-order chi connectivity index (χ0) is 21.7. The van der Waals surface area contributed by atoms with Crippen LogP contribution in [-0.2, 0) is 11.2 Å². The van der Waals surface area contributed by atoms with E-state index in [0.29, 0.717) is 24.7 Å². The maximum Gasteiger partial charge on any atom is 0.243 e. The van der Waals surface area contributed by atoms with Crippen LogP contribution in [0.1, 0.15) is 12.0 Å². The molecule has 160 valence electrons. The maximum absolute atomic E-state index is 12.4. The highest BCUT2D eigenvalue weighted by atomic mass is 16.5. The van der Waals surface area contributed by atoms with Gasteiger partial charge in [-0.25, -0.2) is 0 Å². The monoisotopic (exact) mass is 416 g/mol. The largest absolute Gasteiger partial charge is 0.494 e. The molecule has 5 heteroatoms. The molecule has 31 heavy (non-hydrogen) atoms. The Hall–Kier alpha value is -3.73. The molecule has 0 bridgehead atoms. The first-order valence-electron chi connectivity index (χ1n) is 10.4. The van der Waals surface area contributed by atoms with Crippen LogP contribution in [0.25, 0.3) is 0 Å². The first-order chi connectivity index (χ1) is 15.2. The smallest absolute Gasteiger partial charge is 0.243 e. The Morgan fingerprint density at radius 3 is 2.58 bits per heavy atom. The molecule has 1 amide bonds. The summed E-state index contributed by atoms with van der Waals surface area (Å²) in [6.07, 6.45) is 3.58. The Morgan fingerprint density at radius 2 is 1.74 bits per heavy atom. The fraction of sp³-hybridized carbons (Fsp3) is 0.192. The van der Waals surface area contributed by atoms with Gasteiger partial charge in [0.25, 0.3) is 0 Å². The number of rotatable bonds is 12. The van der Waals surface area contributed by atoms with Gasteiger partial charge in [0.15, 0.2) is 0 Å². The molecule has 0 aromatic heterocycles. The van der Waals surface area contributed by atoms with Crippen LogP contribution in [0.5, 0.6) is 11.5 Å². The molecule has 3 rings (SSSR count). The van der Waals surface area contributed by atoms with Gasteiger partial charge >= 0.3 is 0 Å². The molecule has 0 spiro atoms. The van der Waals surface area contributed by atoms with E-state index < -0.39 is 0 Å². The number of amides is 1. The van der Waals surface area contributed by atoms with Crippen molar-refractivity contribution in [3.63, 3.8) is 0 Å². The van der Waals surface area contributed by atoms with Crippen LogP contribution in [0.2, 0.25) is 0 Å². The van der Waals surface area contributed by atoms with E-state index in [1.165, 1.54) is 5.56 Å². The van der Waals surface area contributed by atoms with Crippen molar-refractivity contribution in [3.05, 3.63) is 97.1 Å². The van der Waals surface area contributed by atoms with Gasteiger partial charge in [-0.15, -0.1) is 0 Å². The van der Waals surface area contributed by atoms with Gasteiger partial charge in [0.05, 0.1) is 18.8 Å². The summed E-state index contributed by atoms with van der Waals surface area (Å²) < 4.78 is 11.4. The van der Waals surface area contributed by atoms with E-state index in [4.69, 9.17) is 9.47 Å². The highest BCUT2D eigenvalue weighted by Crippen LogP contribution is 2.23. The number of carbonyl (C=O) groups is 1. The Balaban J connectivity index is 1.44. The lowest BCUT2D eigenvalue weighted by molar-refractivity contribution is -0.114. The van der Waals surface area contributed by atoms with Crippen molar-refractivity contribution in [2.75, 3.05) is 30.4 Å². The predicted octanol–water partition coefficient (Wildman–Crippen LogP) is 5.31. The van der Waals surface area contributed by atoms with Gasteiger partial charge in [-0.3, -0.25) is 4.79 Å². The number of carbonyl (C=O) groups excluding carboxylic acids is 1. The minimum absolute atomic E-state index is 0.122. The van der Waals surface area contributed by atoms with E-state index in [9.17, 15) is 4.79 Å². The van der Waals surface area contributed by atoms with Crippen molar-refractivity contribution in [3.8, 4) is 11.5 Å². The van der Waals surface area contributed by atoms with Crippen LogP contribution in [0.4, 0.5) is 11.4 Å². The lowest BCUT2D eigenvalue weighted by Gasteiger charge is -2.13. The van der Waals surface area contributed by atoms with Gasteiger partial charge in [0, 0.05) is 11.8 Å². The average Bonchev–Trinajstić information content (AvgIpc) is 2.80. The average molecular weight is 417 g/mol. The molecule has 0 heterocycles. The van der Waals surface area contributed by atoms with Crippen LogP contribution in [0.15, 0.2) is 91.5 Å². The zero-order valence-electron chi connectivity index (χ0n) is 17.6. The minimum atomic E-state index is -0.153. The van der Waals surface area contributed by atoms with Gasteiger partial charge in [-0.2, -0.15) is 0 Å². The van der Waals surface area contributed by atoms with E-state index in [2.05, 4.69) is 29.3 Å². The highest BCUT2D eigenvalue weighted by Gasteiger charge is 2.07. The molecule has 0 unspecified atom stereocenters. The number of anilines is 2. The van der Waals surface area contributed by atoms with E-state index in [0.717, 1.165) is 24.3 Å². The lowest BCUT2D eigenvalue weighted by Crippen LogP contribution is -2.22. The summed E-state index contributed by atoms with van der Waals surface area (Å²) in [4.78, 5) is 12.4.